The van der Waals surface area contributed by atoms with E-state index in [4.69, 9.17) is 0 Å². The summed E-state index contributed by atoms with van der Waals surface area (Å²) in [7, 11) is 0. The van der Waals surface area contributed by atoms with E-state index < -0.39 is 11.7 Å². The molecule has 5 rings (SSSR count). The molecule has 29 heavy (non-hydrogen) atoms. The predicted molar refractivity (Wildman–Crippen MR) is 113 cm³/mol. The van der Waals surface area contributed by atoms with Crippen LogP contribution in [0.3, 0.4) is 0 Å². The van der Waals surface area contributed by atoms with Crippen LogP contribution in [-0.4, -0.2) is 34.3 Å². The number of anilines is 1. The van der Waals surface area contributed by atoms with Crippen molar-refractivity contribution in [3.8, 4) is 0 Å². The van der Waals surface area contributed by atoms with Crippen molar-refractivity contribution >= 4 is 39.2 Å². The van der Waals surface area contributed by atoms with Gasteiger partial charge in [0.05, 0.1) is 16.8 Å². The van der Waals surface area contributed by atoms with Gasteiger partial charge in [0.1, 0.15) is 0 Å². The highest BCUT2D eigenvalue weighted by Crippen LogP contribution is 2.29. The van der Waals surface area contributed by atoms with Crippen LogP contribution in [0.25, 0.3) is 21.8 Å². The Labute approximate surface area is 167 Å². The van der Waals surface area contributed by atoms with Crippen molar-refractivity contribution in [1.82, 2.24) is 14.9 Å². The largest absolute Gasteiger partial charge is 0.343 e. The molecule has 0 spiro atoms. The molecule has 0 radical (unpaired) electrons. The quantitative estimate of drug-likeness (QED) is 0.420. The SMILES string of the molecule is O=C(Nc1cccc2cccnc12)C(=O)c1c2n(c3ccccc13)CCNCC2. The third kappa shape index (κ3) is 2.98. The van der Waals surface area contributed by atoms with Gasteiger partial charge in [-0.2, -0.15) is 0 Å². The summed E-state index contributed by atoms with van der Waals surface area (Å²) in [5.74, 6) is -1.15. The Kier molecular flexibility index (Phi) is 4.33. The topological polar surface area (TPSA) is 76.0 Å². The minimum absolute atomic E-state index is 0.509. The van der Waals surface area contributed by atoms with Gasteiger partial charge >= 0.3 is 0 Å². The monoisotopic (exact) mass is 384 g/mol. The normalized spacial score (nSPS) is 13.8. The zero-order valence-electron chi connectivity index (χ0n) is 15.8. The van der Waals surface area contributed by atoms with E-state index in [1.54, 1.807) is 12.3 Å². The summed E-state index contributed by atoms with van der Waals surface area (Å²) in [6.45, 7) is 2.40. The number of hydrogen-bond donors (Lipinski definition) is 2. The zero-order valence-corrected chi connectivity index (χ0v) is 15.8. The standard InChI is InChI=1S/C23H20N4O2/c28-22(23(29)26-17-8-3-5-15-6-4-11-25-21(15)17)20-16-7-1-2-9-18(16)27-14-13-24-12-10-19(20)27/h1-9,11,24H,10,12-14H2,(H,26,29). The van der Waals surface area contributed by atoms with Crippen LogP contribution in [0.2, 0.25) is 0 Å². The summed E-state index contributed by atoms with van der Waals surface area (Å²) in [5, 5.41) is 7.89. The summed E-state index contributed by atoms with van der Waals surface area (Å²) in [5.41, 5.74) is 3.63. The van der Waals surface area contributed by atoms with Crippen molar-refractivity contribution in [2.45, 2.75) is 13.0 Å². The van der Waals surface area contributed by atoms with E-state index in [2.05, 4.69) is 20.2 Å². The van der Waals surface area contributed by atoms with Crippen LogP contribution in [0, 0.1) is 0 Å². The molecule has 0 bridgehead atoms. The maximum absolute atomic E-state index is 13.3. The van der Waals surface area contributed by atoms with Gasteiger partial charge in [-0.15, -0.1) is 0 Å². The van der Waals surface area contributed by atoms with Gasteiger partial charge in [-0.05, 0) is 18.2 Å². The molecule has 1 amide bonds. The van der Waals surface area contributed by atoms with Gasteiger partial charge in [0.15, 0.2) is 0 Å². The number of amides is 1. The molecule has 0 saturated heterocycles. The molecule has 2 aromatic carbocycles. The maximum atomic E-state index is 13.3. The Morgan fingerprint density at radius 2 is 1.86 bits per heavy atom. The Hall–Kier alpha value is -3.51. The highest BCUT2D eigenvalue weighted by molar-refractivity contribution is 6.49. The molecule has 1 aliphatic heterocycles. The van der Waals surface area contributed by atoms with Crippen LogP contribution in [-0.2, 0) is 17.8 Å². The average Bonchev–Trinajstić information content (AvgIpc) is 2.89. The number of carbonyl (C=O) groups is 2. The molecule has 0 atom stereocenters. The lowest BCUT2D eigenvalue weighted by Crippen LogP contribution is -2.24. The third-order valence-electron chi connectivity index (χ3n) is 5.44. The van der Waals surface area contributed by atoms with E-state index in [0.29, 0.717) is 23.2 Å². The second-order valence-electron chi connectivity index (χ2n) is 7.15. The second-order valence-corrected chi connectivity index (χ2v) is 7.15. The molecule has 0 aliphatic carbocycles. The molecule has 1 aliphatic rings. The van der Waals surface area contributed by atoms with E-state index in [9.17, 15) is 9.59 Å². The van der Waals surface area contributed by atoms with Crippen molar-refractivity contribution < 1.29 is 9.59 Å². The molecule has 2 N–H and O–H groups in total. The number of benzene rings is 2. The number of hydrogen-bond acceptors (Lipinski definition) is 4. The number of fused-ring (bicyclic) bond motifs is 4. The number of aromatic nitrogens is 2. The number of carbonyl (C=O) groups excluding carboxylic acids is 2. The van der Waals surface area contributed by atoms with Gasteiger partial charge in [0.2, 0.25) is 0 Å². The third-order valence-corrected chi connectivity index (χ3v) is 5.44. The number of Topliss-reactive ketones (excluding diaryl/α,β-unsaturated/α-hetero) is 1. The lowest BCUT2D eigenvalue weighted by Gasteiger charge is -2.09. The summed E-state index contributed by atoms with van der Waals surface area (Å²) in [6.07, 6.45) is 2.38. The van der Waals surface area contributed by atoms with Crippen molar-refractivity contribution in [3.63, 3.8) is 0 Å². The average molecular weight is 384 g/mol. The van der Waals surface area contributed by atoms with Gasteiger partial charge in [0, 0.05) is 54.2 Å². The van der Waals surface area contributed by atoms with Crippen LogP contribution >= 0.6 is 0 Å². The molecule has 144 valence electrons. The fourth-order valence-electron chi connectivity index (χ4n) is 4.15. The van der Waals surface area contributed by atoms with Crippen LogP contribution in [0.4, 0.5) is 5.69 Å². The van der Waals surface area contributed by atoms with E-state index in [-0.39, 0.29) is 0 Å². The van der Waals surface area contributed by atoms with E-state index in [1.807, 2.05) is 48.5 Å². The van der Waals surface area contributed by atoms with Gasteiger partial charge in [-0.1, -0.05) is 36.4 Å². The van der Waals surface area contributed by atoms with Crippen molar-refractivity contribution in [1.29, 1.82) is 0 Å². The number of nitrogens with one attached hydrogen (secondary N) is 2. The molecular weight excluding hydrogens is 364 g/mol. The van der Waals surface area contributed by atoms with Crippen LogP contribution in [0.15, 0.2) is 60.8 Å². The lowest BCUT2D eigenvalue weighted by atomic mass is 10.0. The number of para-hydroxylation sites is 2. The number of nitrogens with zero attached hydrogens (tertiary/aromatic N) is 2. The van der Waals surface area contributed by atoms with Crippen LogP contribution < -0.4 is 10.6 Å². The highest BCUT2D eigenvalue weighted by atomic mass is 16.2. The fraction of sp³-hybridized carbons (Fsp3) is 0.174. The highest BCUT2D eigenvalue weighted by Gasteiger charge is 2.27. The van der Waals surface area contributed by atoms with E-state index in [1.165, 1.54) is 0 Å². The van der Waals surface area contributed by atoms with Crippen LogP contribution in [0.1, 0.15) is 16.1 Å². The first kappa shape index (κ1) is 17.6. The summed E-state index contributed by atoms with van der Waals surface area (Å²) in [6, 6.07) is 17.1. The smallest absolute Gasteiger partial charge is 0.296 e. The molecule has 2 aromatic heterocycles. The van der Waals surface area contributed by atoms with Crippen molar-refractivity contribution in [2.24, 2.45) is 0 Å². The second kappa shape index (κ2) is 7.14. The van der Waals surface area contributed by atoms with Gasteiger partial charge in [-0.3, -0.25) is 14.6 Å². The summed E-state index contributed by atoms with van der Waals surface area (Å²) >= 11 is 0. The minimum Gasteiger partial charge on any atom is -0.343 e. The molecule has 4 aromatic rings. The Bertz CT molecular complexity index is 1250. The Morgan fingerprint density at radius 1 is 1.00 bits per heavy atom. The Morgan fingerprint density at radius 3 is 2.79 bits per heavy atom. The number of pyridine rings is 1. The molecule has 0 unspecified atom stereocenters. The lowest BCUT2D eigenvalue weighted by molar-refractivity contribution is -0.112. The zero-order chi connectivity index (χ0) is 19.8. The van der Waals surface area contributed by atoms with Crippen molar-refractivity contribution in [2.75, 3.05) is 18.4 Å². The molecule has 6 heteroatoms. The molecular formula is C23H20N4O2. The molecule has 6 nitrogen and oxygen atoms in total. The Balaban J connectivity index is 1.56. The first-order valence-corrected chi connectivity index (χ1v) is 9.74. The van der Waals surface area contributed by atoms with Gasteiger partial charge in [-0.25, -0.2) is 0 Å². The maximum Gasteiger partial charge on any atom is 0.296 e. The van der Waals surface area contributed by atoms with E-state index in [0.717, 1.165) is 41.6 Å². The molecule has 0 saturated carbocycles. The minimum atomic E-state index is -0.639. The number of rotatable bonds is 3. The first-order chi connectivity index (χ1) is 14.2. The van der Waals surface area contributed by atoms with Crippen LogP contribution in [0.5, 0.6) is 0 Å². The molecule has 3 heterocycles. The van der Waals surface area contributed by atoms with Gasteiger partial charge in [0.25, 0.3) is 11.7 Å². The van der Waals surface area contributed by atoms with Crippen molar-refractivity contribution in [3.05, 3.63) is 72.1 Å². The first-order valence-electron chi connectivity index (χ1n) is 9.74. The summed E-state index contributed by atoms with van der Waals surface area (Å²) < 4.78 is 2.16. The summed E-state index contributed by atoms with van der Waals surface area (Å²) in [4.78, 5) is 30.6. The molecule has 0 fully saturated rings. The van der Waals surface area contributed by atoms with E-state index >= 15 is 0 Å². The number of ketones is 1. The van der Waals surface area contributed by atoms with Gasteiger partial charge < -0.3 is 15.2 Å². The fourth-order valence-corrected chi connectivity index (χ4v) is 4.15. The predicted octanol–water partition coefficient (Wildman–Crippen LogP) is 3.16.